The second-order valence-electron chi connectivity index (χ2n) is 6.08. The molecular formula is C19H22N4O3. The number of aromatic amines is 1. The van der Waals surface area contributed by atoms with Gasteiger partial charge in [0.2, 0.25) is 5.89 Å². The number of carbonyl (C=O) groups is 1. The molecule has 0 aliphatic heterocycles. The summed E-state index contributed by atoms with van der Waals surface area (Å²) in [6.45, 7) is 4.95. The van der Waals surface area contributed by atoms with Crippen molar-refractivity contribution in [3.8, 4) is 22.7 Å². The highest BCUT2D eigenvalue weighted by molar-refractivity contribution is 5.87. The van der Waals surface area contributed by atoms with Crippen LogP contribution in [0.2, 0.25) is 0 Å². The van der Waals surface area contributed by atoms with Gasteiger partial charge in [0.25, 0.3) is 0 Å². The summed E-state index contributed by atoms with van der Waals surface area (Å²) in [5, 5.41) is 19.0. The van der Waals surface area contributed by atoms with E-state index >= 15 is 0 Å². The molecule has 26 heavy (non-hydrogen) atoms. The summed E-state index contributed by atoms with van der Waals surface area (Å²) in [7, 11) is 0. The number of carboxylic acid groups (broad SMARTS) is 1. The Balaban J connectivity index is 1.77. The number of hydrogen-bond acceptors (Lipinski definition) is 5. The number of benzene rings is 1. The molecule has 0 spiro atoms. The second kappa shape index (κ2) is 7.97. The van der Waals surface area contributed by atoms with Crippen LogP contribution in [-0.4, -0.2) is 32.3 Å². The summed E-state index contributed by atoms with van der Waals surface area (Å²) < 4.78 is 5.85. The Kier molecular flexibility index (Phi) is 5.48. The van der Waals surface area contributed by atoms with Gasteiger partial charge < -0.3 is 14.8 Å². The zero-order valence-electron chi connectivity index (χ0n) is 14.8. The van der Waals surface area contributed by atoms with E-state index in [4.69, 9.17) is 9.52 Å². The van der Waals surface area contributed by atoms with E-state index in [2.05, 4.69) is 34.3 Å². The molecule has 3 N–H and O–H groups in total. The predicted octanol–water partition coefficient (Wildman–Crippen LogP) is 3.71. The molecule has 3 aromatic rings. The fourth-order valence-electron chi connectivity index (χ4n) is 2.74. The summed E-state index contributed by atoms with van der Waals surface area (Å²) in [5.74, 6) is 0.273. The Hall–Kier alpha value is -2.93. The van der Waals surface area contributed by atoms with Crippen molar-refractivity contribution in [2.75, 3.05) is 0 Å². The molecule has 7 nitrogen and oxygen atoms in total. The number of hydrogen-bond donors (Lipinski definition) is 3. The first kappa shape index (κ1) is 17.9. The second-order valence-corrected chi connectivity index (χ2v) is 6.08. The average Bonchev–Trinajstić information content (AvgIpc) is 3.33. The molecular weight excluding hydrogens is 332 g/mol. The van der Waals surface area contributed by atoms with Crippen LogP contribution in [0.1, 0.15) is 42.9 Å². The zero-order chi connectivity index (χ0) is 18.5. The topological polar surface area (TPSA) is 104 Å². The van der Waals surface area contributed by atoms with Gasteiger partial charge >= 0.3 is 5.97 Å². The van der Waals surface area contributed by atoms with E-state index in [0.717, 1.165) is 29.7 Å². The smallest absolute Gasteiger partial charge is 0.353 e. The summed E-state index contributed by atoms with van der Waals surface area (Å²) in [4.78, 5) is 15.3. The van der Waals surface area contributed by atoms with E-state index in [1.807, 2.05) is 24.3 Å². The number of rotatable bonds is 8. The van der Waals surface area contributed by atoms with Gasteiger partial charge in [0.15, 0.2) is 0 Å². The van der Waals surface area contributed by atoms with Gasteiger partial charge in [-0.1, -0.05) is 26.0 Å². The normalized spacial score (nSPS) is 11.2. The Morgan fingerprint density at radius 2 is 2.04 bits per heavy atom. The summed E-state index contributed by atoms with van der Waals surface area (Å²) in [6, 6.07) is 9.48. The standard InChI is InChI=1S/C19H22N4O3/c1-3-14(4-2)20-10-15-11-21-18(26-15)13-7-5-6-12(8-13)16-9-17(19(24)25)23-22-16/h5-9,11,14,20H,3-4,10H2,1-2H3,(H,22,23)(H,24,25). The molecule has 0 unspecified atom stereocenters. The largest absolute Gasteiger partial charge is 0.477 e. The molecule has 0 radical (unpaired) electrons. The van der Waals surface area contributed by atoms with Gasteiger partial charge in [0.1, 0.15) is 11.5 Å². The number of oxazole rings is 1. The molecule has 0 amide bonds. The number of nitrogens with zero attached hydrogens (tertiary/aromatic N) is 2. The summed E-state index contributed by atoms with van der Waals surface area (Å²) in [5.41, 5.74) is 2.22. The van der Waals surface area contributed by atoms with Crippen LogP contribution >= 0.6 is 0 Å². The molecule has 3 rings (SSSR count). The lowest BCUT2D eigenvalue weighted by molar-refractivity contribution is 0.0690. The molecule has 0 fully saturated rings. The van der Waals surface area contributed by atoms with Crippen LogP contribution in [0.15, 0.2) is 40.9 Å². The third kappa shape index (κ3) is 4.00. The van der Waals surface area contributed by atoms with Crippen LogP contribution in [0, 0.1) is 0 Å². The van der Waals surface area contributed by atoms with Gasteiger partial charge in [-0.15, -0.1) is 0 Å². The molecule has 0 aliphatic carbocycles. The van der Waals surface area contributed by atoms with Crippen LogP contribution in [0.5, 0.6) is 0 Å². The van der Waals surface area contributed by atoms with Gasteiger partial charge in [-0.2, -0.15) is 5.10 Å². The van der Waals surface area contributed by atoms with Gasteiger partial charge in [-0.3, -0.25) is 5.10 Å². The van der Waals surface area contributed by atoms with E-state index in [-0.39, 0.29) is 5.69 Å². The van der Waals surface area contributed by atoms with E-state index in [0.29, 0.717) is 24.2 Å². The first-order chi connectivity index (χ1) is 12.6. The third-order valence-electron chi connectivity index (χ3n) is 4.32. The van der Waals surface area contributed by atoms with Crippen LogP contribution < -0.4 is 5.32 Å². The van der Waals surface area contributed by atoms with E-state index in [1.54, 1.807) is 6.20 Å². The van der Waals surface area contributed by atoms with Crippen molar-refractivity contribution in [1.29, 1.82) is 0 Å². The molecule has 2 aromatic heterocycles. The Labute approximate surface area is 151 Å². The van der Waals surface area contributed by atoms with Crippen LogP contribution in [0.3, 0.4) is 0 Å². The van der Waals surface area contributed by atoms with Crippen LogP contribution in [0.4, 0.5) is 0 Å². The maximum Gasteiger partial charge on any atom is 0.353 e. The monoisotopic (exact) mass is 354 g/mol. The highest BCUT2D eigenvalue weighted by Gasteiger charge is 2.12. The van der Waals surface area contributed by atoms with E-state index < -0.39 is 5.97 Å². The van der Waals surface area contributed by atoms with Crippen molar-refractivity contribution in [1.82, 2.24) is 20.5 Å². The van der Waals surface area contributed by atoms with Crippen molar-refractivity contribution in [2.45, 2.75) is 39.3 Å². The van der Waals surface area contributed by atoms with Crippen LogP contribution in [0.25, 0.3) is 22.7 Å². The molecule has 2 heterocycles. The molecule has 0 saturated carbocycles. The number of H-pyrrole nitrogens is 1. The van der Waals surface area contributed by atoms with E-state index in [9.17, 15) is 4.79 Å². The molecule has 0 aliphatic rings. The quantitative estimate of drug-likeness (QED) is 0.570. The fraction of sp³-hybridized carbons (Fsp3) is 0.316. The van der Waals surface area contributed by atoms with Gasteiger partial charge in [0, 0.05) is 17.2 Å². The van der Waals surface area contributed by atoms with Crippen LogP contribution in [-0.2, 0) is 6.54 Å². The first-order valence-electron chi connectivity index (χ1n) is 8.68. The minimum absolute atomic E-state index is 0.0521. The molecule has 0 bridgehead atoms. The molecule has 7 heteroatoms. The molecule has 0 atom stereocenters. The minimum atomic E-state index is -1.04. The Morgan fingerprint density at radius 1 is 1.27 bits per heavy atom. The van der Waals surface area contributed by atoms with Crippen molar-refractivity contribution in [2.24, 2.45) is 0 Å². The van der Waals surface area contributed by atoms with Crippen molar-refractivity contribution in [3.63, 3.8) is 0 Å². The van der Waals surface area contributed by atoms with Gasteiger partial charge in [-0.05, 0) is 31.0 Å². The van der Waals surface area contributed by atoms with Gasteiger partial charge in [-0.25, -0.2) is 9.78 Å². The maximum atomic E-state index is 11.0. The lowest BCUT2D eigenvalue weighted by Crippen LogP contribution is -2.26. The summed E-state index contributed by atoms with van der Waals surface area (Å²) >= 11 is 0. The molecule has 136 valence electrons. The zero-order valence-corrected chi connectivity index (χ0v) is 14.8. The minimum Gasteiger partial charge on any atom is -0.477 e. The van der Waals surface area contributed by atoms with Crippen molar-refractivity contribution < 1.29 is 14.3 Å². The lowest BCUT2D eigenvalue weighted by atomic mass is 10.1. The predicted molar refractivity (Wildman–Crippen MR) is 97.7 cm³/mol. The Bertz CT molecular complexity index is 880. The van der Waals surface area contributed by atoms with Crippen molar-refractivity contribution in [3.05, 3.63) is 48.0 Å². The Morgan fingerprint density at radius 3 is 2.73 bits per heavy atom. The first-order valence-corrected chi connectivity index (χ1v) is 8.68. The number of carboxylic acids is 1. The number of aromatic nitrogens is 3. The highest BCUT2D eigenvalue weighted by Crippen LogP contribution is 2.25. The maximum absolute atomic E-state index is 11.0. The highest BCUT2D eigenvalue weighted by atomic mass is 16.4. The average molecular weight is 354 g/mol. The SMILES string of the molecule is CCC(CC)NCc1cnc(-c2cccc(-c3cc(C(=O)O)[nH]n3)c2)o1. The third-order valence-corrected chi connectivity index (χ3v) is 4.32. The fourth-order valence-corrected chi connectivity index (χ4v) is 2.74. The molecule has 1 aromatic carbocycles. The molecule has 0 saturated heterocycles. The number of aromatic carboxylic acids is 1. The summed E-state index contributed by atoms with van der Waals surface area (Å²) in [6.07, 6.45) is 3.87. The van der Waals surface area contributed by atoms with E-state index in [1.165, 1.54) is 6.07 Å². The lowest BCUT2D eigenvalue weighted by Gasteiger charge is -2.12. The van der Waals surface area contributed by atoms with Gasteiger partial charge in [0.05, 0.1) is 18.4 Å². The van der Waals surface area contributed by atoms with Crippen molar-refractivity contribution >= 4 is 5.97 Å². The number of nitrogens with one attached hydrogen (secondary N) is 2.